The van der Waals surface area contributed by atoms with Gasteiger partial charge in [0.05, 0.1) is 12.7 Å². The molecule has 0 spiro atoms. The molecule has 3 N–H and O–H groups in total. The molecule has 2 aromatic rings. The number of carbonyl (C=O) groups is 4. The van der Waals surface area contributed by atoms with E-state index < -0.39 is 35.7 Å². The van der Waals surface area contributed by atoms with Crippen LogP contribution in [0.1, 0.15) is 55.1 Å². The highest BCUT2D eigenvalue weighted by Gasteiger charge is 2.24. The van der Waals surface area contributed by atoms with Crippen molar-refractivity contribution in [1.82, 2.24) is 16.0 Å². The molecular weight excluding hydrogens is 478 g/mol. The molecule has 200 valence electrons. The van der Waals surface area contributed by atoms with Gasteiger partial charge in [0.1, 0.15) is 18.2 Å². The van der Waals surface area contributed by atoms with E-state index in [-0.39, 0.29) is 26.1 Å². The van der Waals surface area contributed by atoms with Crippen LogP contribution >= 0.6 is 0 Å². The number of nitrogens with one attached hydrogen (secondary N) is 3. The lowest BCUT2D eigenvalue weighted by Crippen LogP contribution is -2.48. The largest absolute Gasteiger partial charge is 0.465 e. The highest BCUT2D eigenvalue weighted by molar-refractivity contribution is 5.89. The molecule has 0 aliphatic carbocycles. The summed E-state index contributed by atoms with van der Waals surface area (Å²) in [4.78, 5) is 48.9. The number of esters is 1. The molecule has 0 aliphatic rings. The Kier molecular flexibility index (Phi) is 11.4. The quantitative estimate of drug-likeness (QED) is 0.237. The Labute approximate surface area is 217 Å². The minimum absolute atomic E-state index is 0.139. The summed E-state index contributed by atoms with van der Waals surface area (Å²) in [5.74, 6) is -0.909. The minimum atomic E-state index is -0.902. The van der Waals surface area contributed by atoms with Gasteiger partial charge in [0.2, 0.25) is 5.91 Å². The third-order valence-electron chi connectivity index (χ3n) is 4.97. The van der Waals surface area contributed by atoms with Crippen LogP contribution in [0.25, 0.3) is 0 Å². The zero-order chi connectivity index (χ0) is 27.3. The van der Waals surface area contributed by atoms with Crippen molar-refractivity contribution in [2.75, 3.05) is 13.7 Å². The lowest BCUT2D eigenvalue weighted by atomic mass is 10.1. The van der Waals surface area contributed by atoms with Crippen molar-refractivity contribution in [3.8, 4) is 0 Å². The Morgan fingerprint density at radius 2 is 1.59 bits per heavy atom. The number of benzene rings is 2. The number of hydrogen-bond acceptors (Lipinski definition) is 7. The Hall–Kier alpha value is -4.08. The fourth-order valence-corrected chi connectivity index (χ4v) is 3.23. The summed E-state index contributed by atoms with van der Waals surface area (Å²) in [5.41, 5.74) is 1.19. The van der Waals surface area contributed by atoms with E-state index in [0.29, 0.717) is 17.5 Å². The highest BCUT2D eigenvalue weighted by Crippen LogP contribution is 2.09. The maximum absolute atomic E-state index is 12.9. The summed E-state index contributed by atoms with van der Waals surface area (Å²) in [6, 6.07) is 15.1. The first-order valence-corrected chi connectivity index (χ1v) is 12.0. The Morgan fingerprint density at radius 3 is 2.27 bits per heavy atom. The predicted molar refractivity (Wildman–Crippen MR) is 137 cm³/mol. The van der Waals surface area contributed by atoms with Crippen molar-refractivity contribution < 1.29 is 33.4 Å². The van der Waals surface area contributed by atoms with Gasteiger partial charge in [-0.05, 0) is 56.9 Å². The van der Waals surface area contributed by atoms with E-state index in [9.17, 15) is 19.2 Å². The SMILES string of the molecule is COC(=O)c1cccc(CNC(=O)[C@H](CCCNC(=O)OCc2ccccc2)NC(=O)OC(C)(C)C)c1. The average molecular weight is 514 g/mol. The van der Waals surface area contributed by atoms with Gasteiger partial charge in [-0.2, -0.15) is 0 Å². The summed E-state index contributed by atoms with van der Waals surface area (Å²) >= 11 is 0. The van der Waals surface area contributed by atoms with E-state index >= 15 is 0 Å². The topological polar surface area (TPSA) is 132 Å². The lowest BCUT2D eigenvalue weighted by Gasteiger charge is -2.23. The van der Waals surface area contributed by atoms with Crippen LogP contribution in [-0.4, -0.2) is 49.4 Å². The number of hydrogen-bond donors (Lipinski definition) is 3. The zero-order valence-corrected chi connectivity index (χ0v) is 21.7. The Morgan fingerprint density at radius 1 is 0.892 bits per heavy atom. The van der Waals surface area contributed by atoms with Gasteiger partial charge in [-0.1, -0.05) is 42.5 Å². The molecule has 0 aliphatic heterocycles. The normalized spacial score (nSPS) is 11.6. The predicted octanol–water partition coefficient (Wildman–Crippen LogP) is 3.69. The minimum Gasteiger partial charge on any atom is -0.465 e. The van der Waals surface area contributed by atoms with Crippen LogP contribution in [0.3, 0.4) is 0 Å². The number of ether oxygens (including phenoxy) is 3. The zero-order valence-electron chi connectivity index (χ0n) is 21.7. The maximum atomic E-state index is 12.9. The number of alkyl carbamates (subject to hydrolysis) is 2. The van der Waals surface area contributed by atoms with E-state index in [1.807, 2.05) is 30.3 Å². The molecule has 0 unspecified atom stereocenters. The van der Waals surface area contributed by atoms with Gasteiger partial charge in [0, 0.05) is 13.1 Å². The molecule has 0 bridgehead atoms. The Balaban J connectivity index is 1.89. The van der Waals surface area contributed by atoms with E-state index in [2.05, 4.69) is 16.0 Å². The van der Waals surface area contributed by atoms with Crippen LogP contribution in [0.5, 0.6) is 0 Å². The number of rotatable bonds is 11. The van der Waals surface area contributed by atoms with Crippen molar-refractivity contribution in [3.05, 3.63) is 71.3 Å². The van der Waals surface area contributed by atoms with Crippen molar-refractivity contribution >= 4 is 24.1 Å². The number of methoxy groups -OCH3 is 1. The second kappa shape index (κ2) is 14.5. The third kappa shape index (κ3) is 11.5. The average Bonchev–Trinajstić information content (AvgIpc) is 2.87. The van der Waals surface area contributed by atoms with Crippen LogP contribution in [0.15, 0.2) is 54.6 Å². The van der Waals surface area contributed by atoms with Crippen molar-refractivity contribution in [2.45, 2.75) is 58.4 Å². The van der Waals surface area contributed by atoms with Crippen LogP contribution in [-0.2, 0) is 32.2 Å². The lowest BCUT2D eigenvalue weighted by molar-refractivity contribution is -0.123. The van der Waals surface area contributed by atoms with Gasteiger partial charge in [-0.3, -0.25) is 4.79 Å². The summed E-state index contributed by atoms with van der Waals surface area (Å²) < 4.78 is 15.2. The van der Waals surface area contributed by atoms with Crippen LogP contribution < -0.4 is 16.0 Å². The second-order valence-corrected chi connectivity index (χ2v) is 9.24. The molecule has 3 amide bonds. The molecule has 0 fully saturated rings. The van der Waals surface area contributed by atoms with Gasteiger partial charge in [0.25, 0.3) is 0 Å². The molecule has 0 saturated carbocycles. The van der Waals surface area contributed by atoms with E-state index in [1.165, 1.54) is 7.11 Å². The van der Waals surface area contributed by atoms with Crippen LogP contribution in [0, 0.1) is 0 Å². The molecule has 0 heterocycles. The van der Waals surface area contributed by atoms with E-state index in [1.54, 1.807) is 45.0 Å². The van der Waals surface area contributed by atoms with Gasteiger partial charge in [0.15, 0.2) is 0 Å². The fraction of sp³-hybridized carbons (Fsp3) is 0.407. The van der Waals surface area contributed by atoms with Gasteiger partial charge >= 0.3 is 18.2 Å². The molecular formula is C27H35N3O7. The van der Waals surface area contributed by atoms with Crippen LogP contribution in [0.2, 0.25) is 0 Å². The molecule has 10 heteroatoms. The van der Waals surface area contributed by atoms with E-state index in [4.69, 9.17) is 14.2 Å². The van der Waals surface area contributed by atoms with Crippen molar-refractivity contribution in [3.63, 3.8) is 0 Å². The van der Waals surface area contributed by atoms with Crippen molar-refractivity contribution in [1.29, 1.82) is 0 Å². The highest BCUT2D eigenvalue weighted by atomic mass is 16.6. The molecule has 0 radical (unpaired) electrons. The molecule has 2 aromatic carbocycles. The second-order valence-electron chi connectivity index (χ2n) is 9.24. The summed E-state index contributed by atoms with van der Waals surface area (Å²) in [5, 5.41) is 8.00. The molecule has 10 nitrogen and oxygen atoms in total. The van der Waals surface area contributed by atoms with Gasteiger partial charge < -0.3 is 30.2 Å². The smallest absolute Gasteiger partial charge is 0.408 e. The first kappa shape index (κ1) is 29.2. The monoisotopic (exact) mass is 513 g/mol. The van der Waals surface area contributed by atoms with Crippen molar-refractivity contribution in [2.24, 2.45) is 0 Å². The molecule has 0 aromatic heterocycles. The summed E-state index contributed by atoms with van der Waals surface area (Å²) in [6.45, 7) is 5.70. The summed E-state index contributed by atoms with van der Waals surface area (Å²) in [7, 11) is 1.29. The molecule has 2 rings (SSSR count). The molecule has 0 saturated heterocycles. The van der Waals surface area contributed by atoms with Gasteiger partial charge in [-0.25, -0.2) is 14.4 Å². The molecule has 37 heavy (non-hydrogen) atoms. The van der Waals surface area contributed by atoms with Gasteiger partial charge in [-0.15, -0.1) is 0 Å². The van der Waals surface area contributed by atoms with Crippen LogP contribution in [0.4, 0.5) is 9.59 Å². The van der Waals surface area contributed by atoms with E-state index in [0.717, 1.165) is 5.56 Å². The number of amides is 3. The number of carbonyl (C=O) groups excluding carboxylic acids is 4. The Bertz CT molecular complexity index is 1050. The first-order valence-electron chi connectivity index (χ1n) is 12.0. The maximum Gasteiger partial charge on any atom is 0.408 e. The molecule has 1 atom stereocenters. The third-order valence-corrected chi connectivity index (χ3v) is 4.97. The fourth-order valence-electron chi connectivity index (χ4n) is 3.23. The standard InChI is InChI=1S/C27H35N3O7/c1-27(2,3)37-26(34)30-22(14-9-15-28-25(33)36-18-19-10-6-5-7-11-19)23(31)29-17-20-12-8-13-21(16-20)24(32)35-4/h5-8,10-13,16,22H,9,14-15,17-18H2,1-4H3,(H,28,33)(H,29,31)(H,30,34)/t22-/m0/s1. The first-order chi connectivity index (χ1) is 17.6. The summed E-state index contributed by atoms with van der Waals surface area (Å²) in [6.07, 6.45) is -0.663.